The second-order valence-electron chi connectivity index (χ2n) is 3.23. The summed E-state index contributed by atoms with van der Waals surface area (Å²) in [5.74, 6) is -11.5. The van der Waals surface area contributed by atoms with Gasteiger partial charge in [-0.15, -0.1) is 12.4 Å². The quantitative estimate of drug-likeness (QED) is 0.764. The van der Waals surface area contributed by atoms with Crippen molar-refractivity contribution >= 4 is 12.4 Å². The van der Waals surface area contributed by atoms with Crippen LogP contribution in [0.15, 0.2) is 0 Å². The van der Waals surface area contributed by atoms with Crippen LogP contribution in [0.5, 0.6) is 0 Å². The zero-order chi connectivity index (χ0) is 13.2. The van der Waals surface area contributed by atoms with Gasteiger partial charge in [0.15, 0.2) is 0 Å². The van der Waals surface area contributed by atoms with Crippen molar-refractivity contribution in [2.45, 2.75) is 36.9 Å². The van der Waals surface area contributed by atoms with Crippen molar-refractivity contribution in [2.24, 2.45) is 11.5 Å². The first-order valence-electron chi connectivity index (χ1n) is 4.26. The first kappa shape index (κ1) is 19.1. The molecule has 0 aliphatic carbocycles. The predicted molar refractivity (Wildman–Crippen MR) is 49.5 cm³/mol. The van der Waals surface area contributed by atoms with Crippen molar-refractivity contribution in [1.29, 1.82) is 0 Å². The van der Waals surface area contributed by atoms with Gasteiger partial charge in [0.1, 0.15) is 0 Å². The summed E-state index contributed by atoms with van der Waals surface area (Å²) in [6, 6.07) is -2.59. The molecule has 0 fully saturated rings. The standard InChI is InChI=1S/C7H11F7N2.ClH/c8-5(9,4(16)2-1-3-15)6(10,11)7(12,13)14;/h4H,1-3,15-16H2;1H/t4-;/m0./s1. The van der Waals surface area contributed by atoms with Crippen molar-refractivity contribution in [1.82, 2.24) is 0 Å². The van der Waals surface area contributed by atoms with Crippen molar-refractivity contribution in [3.05, 3.63) is 0 Å². The summed E-state index contributed by atoms with van der Waals surface area (Å²) in [5, 5.41) is 0. The van der Waals surface area contributed by atoms with E-state index in [0.29, 0.717) is 0 Å². The molecule has 1 atom stereocenters. The number of hydrogen-bond donors (Lipinski definition) is 2. The molecular weight excluding hydrogens is 281 g/mol. The van der Waals surface area contributed by atoms with E-state index < -0.39 is 30.5 Å². The van der Waals surface area contributed by atoms with E-state index >= 15 is 0 Å². The molecule has 0 spiro atoms. The topological polar surface area (TPSA) is 52.0 Å². The molecule has 0 heterocycles. The van der Waals surface area contributed by atoms with Crippen LogP contribution in [0, 0.1) is 0 Å². The van der Waals surface area contributed by atoms with Crippen LogP contribution >= 0.6 is 12.4 Å². The SMILES string of the molecule is Cl.NCCC[C@H](N)C(F)(F)C(F)(F)C(F)(F)F. The number of halogens is 8. The van der Waals surface area contributed by atoms with Gasteiger partial charge in [-0.1, -0.05) is 0 Å². The first-order valence-corrected chi connectivity index (χ1v) is 4.26. The van der Waals surface area contributed by atoms with Gasteiger partial charge in [-0.3, -0.25) is 0 Å². The minimum atomic E-state index is -6.34. The van der Waals surface area contributed by atoms with Crippen LogP contribution in [-0.4, -0.2) is 30.6 Å². The highest BCUT2D eigenvalue weighted by atomic mass is 35.5. The molecule has 0 saturated carbocycles. The molecule has 0 unspecified atom stereocenters. The average molecular weight is 293 g/mol. The van der Waals surface area contributed by atoms with Crippen LogP contribution in [0.1, 0.15) is 12.8 Å². The Morgan fingerprint density at radius 1 is 0.941 bits per heavy atom. The molecule has 0 aliphatic heterocycles. The number of hydrogen-bond acceptors (Lipinski definition) is 2. The fourth-order valence-corrected chi connectivity index (χ4v) is 0.941. The maximum atomic E-state index is 12.8. The van der Waals surface area contributed by atoms with Gasteiger partial charge in [0, 0.05) is 0 Å². The molecular formula is C7H12ClF7N2. The molecule has 0 saturated heterocycles. The van der Waals surface area contributed by atoms with Gasteiger partial charge in [0.05, 0.1) is 6.04 Å². The lowest BCUT2D eigenvalue weighted by molar-refractivity contribution is -0.358. The Bertz CT molecular complexity index is 231. The van der Waals surface area contributed by atoms with E-state index in [9.17, 15) is 30.7 Å². The van der Waals surface area contributed by atoms with Gasteiger partial charge in [0.2, 0.25) is 0 Å². The fourth-order valence-electron chi connectivity index (χ4n) is 0.941. The molecule has 106 valence electrons. The molecule has 0 rings (SSSR count). The summed E-state index contributed by atoms with van der Waals surface area (Å²) in [7, 11) is 0. The van der Waals surface area contributed by atoms with Crippen LogP contribution in [0.3, 0.4) is 0 Å². The lowest BCUT2D eigenvalue weighted by Gasteiger charge is -2.32. The Kier molecular flexibility index (Phi) is 6.79. The van der Waals surface area contributed by atoms with E-state index in [1.54, 1.807) is 0 Å². The van der Waals surface area contributed by atoms with Gasteiger partial charge in [0.25, 0.3) is 0 Å². The highest BCUT2D eigenvalue weighted by Crippen LogP contribution is 2.48. The van der Waals surface area contributed by atoms with Crippen molar-refractivity contribution in [3.63, 3.8) is 0 Å². The first-order chi connectivity index (χ1) is 6.98. The third kappa shape index (κ3) is 3.85. The maximum Gasteiger partial charge on any atom is 0.459 e. The predicted octanol–water partition coefficient (Wildman–Crippen LogP) is 2.31. The van der Waals surface area contributed by atoms with Gasteiger partial charge in [-0.05, 0) is 19.4 Å². The van der Waals surface area contributed by atoms with Crippen LogP contribution in [0.2, 0.25) is 0 Å². The summed E-state index contributed by atoms with van der Waals surface area (Å²) in [6.07, 6.45) is -7.21. The van der Waals surface area contributed by atoms with E-state index in [2.05, 4.69) is 5.73 Å². The summed E-state index contributed by atoms with van der Waals surface area (Å²) >= 11 is 0. The summed E-state index contributed by atoms with van der Waals surface area (Å²) in [6.45, 7) is -0.124. The lowest BCUT2D eigenvalue weighted by atomic mass is 9.99. The molecule has 4 N–H and O–H groups in total. The van der Waals surface area contributed by atoms with E-state index in [4.69, 9.17) is 5.73 Å². The average Bonchev–Trinajstić information content (AvgIpc) is 2.11. The second kappa shape index (κ2) is 6.05. The normalized spacial score (nSPS) is 15.4. The zero-order valence-electron chi connectivity index (χ0n) is 8.41. The third-order valence-corrected chi connectivity index (χ3v) is 1.96. The minimum Gasteiger partial charge on any atom is -0.330 e. The lowest BCUT2D eigenvalue weighted by Crippen LogP contribution is -2.60. The molecule has 0 aromatic carbocycles. The molecule has 0 aliphatic rings. The van der Waals surface area contributed by atoms with Crippen molar-refractivity contribution in [3.8, 4) is 0 Å². The summed E-state index contributed by atoms with van der Waals surface area (Å²) in [4.78, 5) is 0. The Labute approximate surface area is 98.9 Å². The molecule has 0 bridgehead atoms. The van der Waals surface area contributed by atoms with Gasteiger partial charge < -0.3 is 11.5 Å². The van der Waals surface area contributed by atoms with Gasteiger partial charge >= 0.3 is 18.0 Å². The highest BCUT2D eigenvalue weighted by molar-refractivity contribution is 5.85. The highest BCUT2D eigenvalue weighted by Gasteiger charge is 2.74. The Hall–Kier alpha value is -0.280. The Morgan fingerprint density at radius 2 is 1.35 bits per heavy atom. The van der Waals surface area contributed by atoms with Gasteiger partial charge in [-0.25, -0.2) is 0 Å². The van der Waals surface area contributed by atoms with E-state index in [1.807, 2.05) is 0 Å². The molecule has 10 heteroatoms. The van der Waals surface area contributed by atoms with Crippen LogP contribution < -0.4 is 11.5 Å². The fraction of sp³-hybridized carbons (Fsp3) is 1.00. The molecule has 0 radical (unpaired) electrons. The van der Waals surface area contributed by atoms with Gasteiger partial charge in [-0.2, -0.15) is 30.7 Å². The van der Waals surface area contributed by atoms with Crippen molar-refractivity contribution in [2.75, 3.05) is 6.54 Å². The van der Waals surface area contributed by atoms with Crippen LogP contribution in [0.25, 0.3) is 0 Å². The second-order valence-corrected chi connectivity index (χ2v) is 3.23. The third-order valence-electron chi connectivity index (χ3n) is 1.96. The minimum absolute atomic E-state index is 0. The summed E-state index contributed by atoms with van der Waals surface area (Å²) < 4.78 is 85.5. The number of nitrogens with two attached hydrogens (primary N) is 2. The summed E-state index contributed by atoms with van der Waals surface area (Å²) in [5.41, 5.74) is 9.54. The molecule has 0 aromatic rings. The molecule has 2 nitrogen and oxygen atoms in total. The maximum absolute atomic E-state index is 12.8. The van der Waals surface area contributed by atoms with Crippen LogP contribution in [-0.2, 0) is 0 Å². The number of alkyl halides is 7. The molecule has 17 heavy (non-hydrogen) atoms. The Morgan fingerprint density at radius 3 is 1.65 bits per heavy atom. The van der Waals surface area contributed by atoms with E-state index in [1.165, 1.54) is 0 Å². The molecule has 0 aromatic heterocycles. The Balaban J connectivity index is 0. The van der Waals surface area contributed by atoms with E-state index in [-0.39, 0.29) is 25.4 Å². The largest absolute Gasteiger partial charge is 0.459 e. The van der Waals surface area contributed by atoms with Crippen LogP contribution in [0.4, 0.5) is 30.7 Å². The van der Waals surface area contributed by atoms with E-state index in [0.717, 1.165) is 0 Å². The number of rotatable bonds is 5. The molecule has 0 amide bonds. The monoisotopic (exact) mass is 292 g/mol. The van der Waals surface area contributed by atoms with Crippen molar-refractivity contribution < 1.29 is 30.7 Å². The smallest absolute Gasteiger partial charge is 0.330 e. The zero-order valence-corrected chi connectivity index (χ0v) is 9.22.